The van der Waals surface area contributed by atoms with Gasteiger partial charge in [0.2, 0.25) is 15.8 Å². The van der Waals surface area contributed by atoms with E-state index < -0.39 is 27.2 Å². The molecule has 0 bridgehead atoms. The van der Waals surface area contributed by atoms with E-state index in [1.165, 1.54) is 10.5 Å². The zero-order chi connectivity index (χ0) is 27.8. The van der Waals surface area contributed by atoms with Crippen LogP contribution in [0.15, 0.2) is 59.5 Å². The van der Waals surface area contributed by atoms with Crippen LogP contribution < -0.4 is 15.2 Å². The molecule has 0 amide bonds. The van der Waals surface area contributed by atoms with Gasteiger partial charge >= 0.3 is 5.56 Å². The topological polar surface area (TPSA) is 105 Å². The zero-order valence-corrected chi connectivity index (χ0v) is 22.3. The molecule has 1 fully saturated rings. The second kappa shape index (κ2) is 13.1. The number of hydrogen-bond donors (Lipinski definition) is 1. The van der Waals surface area contributed by atoms with E-state index in [0.717, 1.165) is 29.7 Å². The third-order valence-electron chi connectivity index (χ3n) is 6.47. The van der Waals surface area contributed by atoms with Gasteiger partial charge in [0.15, 0.2) is 0 Å². The number of ether oxygens (including phenoxy) is 1. The van der Waals surface area contributed by atoms with Crippen molar-refractivity contribution in [1.82, 2.24) is 14.1 Å². The first kappa shape index (κ1) is 28.7. The van der Waals surface area contributed by atoms with Crippen LogP contribution in [-0.4, -0.2) is 67.0 Å². The van der Waals surface area contributed by atoms with Crippen LogP contribution >= 0.6 is 0 Å². The Balaban J connectivity index is 1.54. The first-order chi connectivity index (χ1) is 18.8. The van der Waals surface area contributed by atoms with Gasteiger partial charge in [0, 0.05) is 38.9 Å². The highest BCUT2D eigenvalue weighted by molar-refractivity contribution is 7.88. The number of aliphatic hydroxyl groups is 1. The smallest absolute Gasteiger partial charge is 0.316 e. The number of hydrogen-bond acceptors (Lipinski definition) is 7. The predicted octanol–water partition coefficient (Wildman–Crippen LogP) is 3.09. The Morgan fingerprint density at radius 1 is 0.923 bits per heavy atom. The van der Waals surface area contributed by atoms with Crippen LogP contribution in [0, 0.1) is 11.6 Å². The lowest BCUT2D eigenvalue weighted by atomic mass is 10.2. The van der Waals surface area contributed by atoms with Crippen molar-refractivity contribution in [3.63, 3.8) is 0 Å². The van der Waals surface area contributed by atoms with Crippen molar-refractivity contribution >= 4 is 15.7 Å². The molecule has 3 aromatic rings. The summed E-state index contributed by atoms with van der Waals surface area (Å²) in [4.78, 5) is 15.2. The molecule has 12 heteroatoms. The van der Waals surface area contributed by atoms with Gasteiger partial charge in [-0.1, -0.05) is 36.8 Å². The van der Waals surface area contributed by atoms with E-state index in [9.17, 15) is 22.0 Å². The summed E-state index contributed by atoms with van der Waals surface area (Å²) in [7, 11) is -3.53. The fourth-order valence-electron chi connectivity index (χ4n) is 4.46. The molecule has 1 aromatic heterocycles. The SMILES string of the molecule is O=c1c(OCCCCCCO)c(N2CCN(S(=O)(=O)Cc3ccccc3)CC2)cnn1-c1cc(F)cc(F)c1. The number of anilines is 1. The van der Waals surface area contributed by atoms with Gasteiger partial charge < -0.3 is 14.7 Å². The molecular weight excluding hydrogens is 530 g/mol. The summed E-state index contributed by atoms with van der Waals surface area (Å²) in [6.45, 7) is 1.38. The first-order valence-corrected chi connectivity index (χ1v) is 14.5. The number of nitrogens with zero attached hydrogens (tertiary/aromatic N) is 4. The molecule has 4 rings (SSSR count). The summed E-state index contributed by atoms with van der Waals surface area (Å²) in [6.07, 6.45) is 4.33. The Kier molecular flexibility index (Phi) is 9.65. The minimum absolute atomic E-state index is 0.0163. The van der Waals surface area contributed by atoms with E-state index in [0.29, 0.717) is 43.2 Å². The van der Waals surface area contributed by atoms with Crippen LogP contribution in [0.4, 0.5) is 14.5 Å². The number of aromatic nitrogens is 2. The number of sulfonamides is 1. The maximum absolute atomic E-state index is 13.8. The van der Waals surface area contributed by atoms with Crippen molar-refractivity contribution in [3.8, 4) is 11.4 Å². The highest BCUT2D eigenvalue weighted by Gasteiger charge is 2.29. The van der Waals surface area contributed by atoms with E-state index >= 15 is 0 Å². The molecule has 0 unspecified atom stereocenters. The van der Waals surface area contributed by atoms with Gasteiger partial charge in [0.25, 0.3) is 0 Å². The largest absolute Gasteiger partial charge is 0.486 e. The average Bonchev–Trinajstić information content (AvgIpc) is 2.91. The second-order valence-electron chi connectivity index (χ2n) is 9.32. The Morgan fingerprint density at radius 3 is 2.26 bits per heavy atom. The van der Waals surface area contributed by atoms with E-state index in [2.05, 4.69) is 5.10 Å². The lowest BCUT2D eigenvalue weighted by molar-refractivity contribution is 0.272. The van der Waals surface area contributed by atoms with Crippen molar-refractivity contribution in [2.75, 3.05) is 44.3 Å². The fourth-order valence-corrected chi connectivity index (χ4v) is 5.98. The van der Waals surface area contributed by atoms with Crippen LogP contribution in [0.5, 0.6) is 5.75 Å². The van der Waals surface area contributed by atoms with Crippen LogP contribution in [0.25, 0.3) is 5.69 Å². The molecule has 2 aromatic carbocycles. The summed E-state index contributed by atoms with van der Waals surface area (Å²) in [5.41, 5.74) is 0.348. The van der Waals surface area contributed by atoms with Crippen molar-refractivity contribution in [2.45, 2.75) is 31.4 Å². The number of piperazine rings is 1. The molecule has 2 heterocycles. The average molecular weight is 563 g/mol. The quantitative estimate of drug-likeness (QED) is 0.338. The molecule has 1 saturated heterocycles. The van der Waals surface area contributed by atoms with Gasteiger partial charge in [0.1, 0.15) is 17.3 Å². The number of benzene rings is 2. The fraction of sp³-hybridized carbons (Fsp3) is 0.407. The Bertz CT molecular complexity index is 1390. The van der Waals surface area contributed by atoms with Crippen LogP contribution in [0.1, 0.15) is 31.2 Å². The molecule has 0 aliphatic carbocycles. The molecular formula is C27H32F2N4O5S. The van der Waals surface area contributed by atoms with E-state index in [1.807, 2.05) is 11.0 Å². The minimum Gasteiger partial charge on any atom is -0.486 e. The molecule has 9 nitrogen and oxygen atoms in total. The molecule has 1 aliphatic heterocycles. The summed E-state index contributed by atoms with van der Waals surface area (Å²) in [6, 6.07) is 11.7. The van der Waals surface area contributed by atoms with Crippen LogP contribution in [0.2, 0.25) is 0 Å². The van der Waals surface area contributed by atoms with Gasteiger partial charge in [-0.05, 0) is 37.0 Å². The van der Waals surface area contributed by atoms with E-state index in [1.54, 1.807) is 24.3 Å². The highest BCUT2D eigenvalue weighted by Crippen LogP contribution is 2.27. The summed E-state index contributed by atoms with van der Waals surface area (Å²) in [5, 5.41) is 13.1. The van der Waals surface area contributed by atoms with Crippen LogP contribution in [0.3, 0.4) is 0 Å². The van der Waals surface area contributed by atoms with Crippen LogP contribution in [-0.2, 0) is 15.8 Å². The Hall–Kier alpha value is -3.35. The second-order valence-corrected chi connectivity index (χ2v) is 11.3. The highest BCUT2D eigenvalue weighted by atomic mass is 32.2. The normalized spacial score (nSPS) is 14.5. The molecule has 0 saturated carbocycles. The zero-order valence-electron chi connectivity index (χ0n) is 21.5. The van der Waals surface area contributed by atoms with Gasteiger partial charge in [-0.25, -0.2) is 17.2 Å². The van der Waals surface area contributed by atoms with E-state index in [4.69, 9.17) is 9.84 Å². The molecule has 0 spiro atoms. The Labute approximate surface area is 226 Å². The maximum atomic E-state index is 13.8. The molecule has 1 aliphatic rings. The number of unbranched alkanes of at least 4 members (excludes halogenated alkanes) is 3. The lowest BCUT2D eigenvalue weighted by Crippen LogP contribution is -2.49. The van der Waals surface area contributed by atoms with Gasteiger partial charge in [-0.15, -0.1) is 0 Å². The van der Waals surface area contributed by atoms with Gasteiger partial charge in [-0.3, -0.25) is 4.79 Å². The molecule has 0 radical (unpaired) electrons. The van der Waals surface area contributed by atoms with Gasteiger partial charge in [0.05, 0.1) is 24.2 Å². The summed E-state index contributed by atoms with van der Waals surface area (Å²) < 4.78 is 61.8. The monoisotopic (exact) mass is 562 g/mol. The summed E-state index contributed by atoms with van der Waals surface area (Å²) >= 11 is 0. The standard InChI is InChI=1S/C27H32F2N4O5S/c28-22-16-23(29)18-24(17-22)33-27(35)26(38-15-7-2-1-6-14-34)25(19-30-33)31-10-12-32(13-11-31)39(36,37)20-21-8-4-3-5-9-21/h3-5,8-9,16-19,34H,1-2,6-7,10-15,20H2. The maximum Gasteiger partial charge on any atom is 0.316 e. The van der Waals surface area contributed by atoms with E-state index in [-0.39, 0.29) is 43.5 Å². The first-order valence-electron chi connectivity index (χ1n) is 12.9. The number of halogens is 2. The van der Waals surface area contributed by atoms with Gasteiger partial charge in [-0.2, -0.15) is 14.1 Å². The van der Waals surface area contributed by atoms with Crippen molar-refractivity contribution in [1.29, 1.82) is 0 Å². The molecule has 1 N–H and O–H groups in total. The number of rotatable bonds is 12. The molecule has 39 heavy (non-hydrogen) atoms. The summed E-state index contributed by atoms with van der Waals surface area (Å²) in [5.74, 6) is -1.80. The third-order valence-corrected chi connectivity index (χ3v) is 8.32. The Morgan fingerprint density at radius 2 is 1.59 bits per heavy atom. The molecule has 210 valence electrons. The third kappa shape index (κ3) is 7.40. The lowest BCUT2D eigenvalue weighted by Gasteiger charge is -2.35. The molecule has 0 atom stereocenters. The van der Waals surface area contributed by atoms with Crippen molar-refractivity contribution < 1.29 is 27.0 Å². The predicted molar refractivity (Wildman–Crippen MR) is 144 cm³/mol. The minimum atomic E-state index is -3.53. The number of aliphatic hydroxyl groups excluding tert-OH is 1. The van der Waals surface area contributed by atoms with Crippen molar-refractivity contribution in [2.24, 2.45) is 0 Å². The van der Waals surface area contributed by atoms with Crippen molar-refractivity contribution in [3.05, 3.63) is 82.3 Å².